The molecule has 0 aliphatic carbocycles. The van der Waals surface area contributed by atoms with Crippen LogP contribution in [0.2, 0.25) is 26.2 Å². The molecule has 0 heterocycles. The van der Waals surface area contributed by atoms with Crippen LogP contribution in [0, 0.1) is 0 Å². The molecule has 15 heavy (non-hydrogen) atoms. The third-order valence-electron chi connectivity index (χ3n) is 2.23. The summed E-state index contributed by atoms with van der Waals surface area (Å²) >= 11 is 0. The first-order chi connectivity index (χ1) is 6.99. The van der Waals surface area contributed by atoms with Gasteiger partial charge in [0.25, 0.3) is 0 Å². The van der Waals surface area contributed by atoms with Crippen molar-refractivity contribution in [1.29, 1.82) is 0 Å². The molecule has 90 valence electrons. The zero-order valence-electron chi connectivity index (χ0n) is 11.2. The molecule has 0 aromatic heterocycles. The average molecular weight is 245 g/mol. The summed E-state index contributed by atoms with van der Waals surface area (Å²) < 4.78 is 6.11. The lowest BCUT2D eigenvalue weighted by molar-refractivity contribution is 0.316. The van der Waals surface area contributed by atoms with Crippen LogP contribution < -0.4 is 0 Å². The Labute approximate surface area is 99.3 Å². The Balaban J connectivity index is 3.78. The van der Waals surface area contributed by atoms with Gasteiger partial charge >= 0.3 is 0 Å². The van der Waals surface area contributed by atoms with Crippen LogP contribution in [0.4, 0.5) is 0 Å². The topological polar surface area (TPSA) is 9.23 Å². The normalized spacial score (nSPS) is 15.5. The molecule has 0 radical (unpaired) electrons. The van der Waals surface area contributed by atoms with Crippen LogP contribution in [0.1, 0.15) is 32.6 Å². The third kappa shape index (κ3) is 10.4. The Kier molecular flexibility index (Phi) is 8.38. The first kappa shape index (κ1) is 15.1. The van der Waals surface area contributed by atoms with Gasteiger partial charge in [0.1, 0.15) is 0 Å². The fourth-order valence-electron chi connectivity index (χ4n) is 1.47. The summed E-state index contributed by atoms with van der Waals surface area (Å²) in [5.41, 5.74) is 0.485. The number of rotatable bonds is 8. The Morgan fingerprint density at radius 2 is 1.93 bits per heavy atom. The van der Waals surface area contributed by atoms with E-state index in [9.17, 15) is 0 Å². The second-order valence-electron chi connectivity index (χ2n) is 5.10. The Bertz CT molecular complexity index is 173. The average Bonchev–Trinajstić information content (AvgIpc) is 2.14. The minimum atomic E-state index is -1.33. The van der Waals surface area contributed by atoms with Gasteiger partial charge in [0.05, 0.1) is 9.52 Å². The van der Waals surface area contributed by atoms with Crippen LogP contribution in [-0.2, 0) is 4.43 Å². The summed E-state index contributed by atoms with van der Waals surface area (Å²) in [5, 5.41) is 0. The van der Waals surface area contributed by atoms with E-state index in [1.54, 1.807) is 0 Å². The molecule has 0 saturated heterocycles. The van der Waals surface area contributed by atoms with Gasteiger partial charge in [0.15, 0.2) is 8.32 Å². The van der Waals surface area contributed by atoms with Crippen LogP contribution in [-0.4, -0.2) is 23.6 Å². The molecule has 0 aliphatic rings. The van der Waals surface area contributed by atoms with E-state index in [4.69, 9.17) is 4.43 Å². The quantitative estimate of drug-likeness (QED) is 0.361. The Morgan fingerprint density at radius 1 is 1.27 bits per heavy atom. The third-order valence-corrected chi connectivity index (χ3v) is 4.82. The summed E-state index contributed by atoms with van der Waals surface area (Å²) in [6, 6.07) is 0. The molecule has 0 rings (SSSR count). The molecule has 0 fully saturated rings. The van der Waals surface area contributed by atoms with Crippen molar-refractivity contribution in [2.24, 2.45) is 0 Å². The lowest BCUT2D eigenvalue weighted by Crippen LogP contribution is -2.33. The minimum absolute atomic E-state index is 0.0656. The molecule has 1 atom stereocenters. The molecule has 0 amide bonds. The molecule has 0 bridgehead atoms. The van der Waals surface area contributed by atoms with Gasteiger partial charge in [-0.15, -0.1) is 0 Å². The molecule has 0 saturated carbocycles. The van der Waals surface area contributed by atoms with E-state index in [-0.39, 0.29) is 9.52 Å². The van der Waals surface area contributed by atoms with E-state index in [0.29, 0.717) is 5.73 Å². The molecule has 1 nitrogen and oxygen atoms in total. The number of allylic oxidation sites excluding steroid dienone is 1. The van der Waals surface area contributed by atoms with Crippen molar-refractivity contribution >= 4 is 17.8 Å². The number of hydrogen-bond donors (Lipinski definition) is 0. The first-order valence-corrected chi connectivity index (χ1v) is 12.0. The molecule has 0 aliphatic heterocycles. The van der Waals surface area contributed by atoms with E-state index in [1.165, 1.54) is 25.7 Å². The Hall–Kier alpha value is 0.134. The van der Waals surface area contributed by atoms with Gasteiger partial charge in [-0.2, -0.15) is 0 Å². The van der Waals surface area contributed by atoms with Gasteiger partial charge in [-0.25, -0.2) is 0 Å². The van der Waals surface area contributed by atoms with Crippen molar-refractivity contribution in [3.05, 3.63) is 12.2 Å². The van der Waals surface area contributed by atoms with Crippen molar-refractivity contribution in [2.75, 3.05) is 0 Å². The lowest BCUT2D eigenvalue weighted by atomic mass is 10.2. The molecule has 0 aromatic carbocycles. The highest BCUT2D eigenvalue weighted by Crippen LogP contribution is 2.08. The maximum absolute atomic E-state index is 6.11. The maximum atomic E-state index is 6.11. The predicted molar refractivity (Wildman–Crippen MR) is 75.9 cm³/mol. The van der Waals surface area contributed by atoms with E-state index in [1.807, 2.05) is 0 Å². The van der Waals surface area contributed by atoms with Gasteiger partial charge < -0.3 is 4.43 Å². The fraction of sp³-hybridized carbons (Fsp3) is 0.833. The number of hydrogen-bond acceptors (Lipinski definition) is 1. The molecule has 0 N–H and O–H groups in total. The summed E-state index contributed by atoms with van der Waals surface area (Å²) in [4.78, 5) is 0. The van der Waals surface area contributed by atoms with Gasteiger partial charge in [0, 0.05) is 5.73 Å². The van der Waals surface area contributed by atoms with Crippen LogP contribution in [0.15, 0.2) is 12.2 Å². The maximum Gasteiger partial charge on any atom is 0.184 e. The van der Waals surface area contributed by atoms with Gasteiger partial charge in [-0.3, -0.25) is 0 Å². The largest absolute Gasteiger partial charge is 0.415 e. The molecule has 3 heteroatoms. The van der Waals surface area contributed by atoms with Crippen LogP contribution in [0.25, 0.3) is 0 Å². The second kappa shape index (κ2) is 8.30. The van der Waals surface area contributed by atoms with Crippen molar-refractivity contribution in [2.45, 2.75) is 64.5 Å². The minimum Gasteiger partial charge on any atom is -0.415 e. The van der Waals surface area contributed by atoms with Crippen molar-refractivity contribution < 1.29 is 4.43 Å². The zero-order chi connectivity index (χ0) is 11.7. The zero-order valence-corrected chi connectivity index (χ0v) is 13.6. The van der Waals surface area contributed by atoms with Crippen LogP contribution in [0.3, 0.4) is 0 Å². The lowest BCUT2D eigenvalue weighted by Gasteiger charge is -2.23. The summed E-state index contributed by atoms with van der Waals surface area (Å²) in [5.74, 6) is 0. The predicted octanol–water partition coefficient (Wildman–Crippen LogP) is 3.52. The molecule has 0 aromatic rings. The summed E-state index contributed by atoms with van der Waals surface area (Å²) in [6.07, 6.45) is 9.88. The molecule has 0 spiro atoms. The van der Waals surface area contributed by atoms with E-state index in [0.717, 1.165) is 0 Å². The van der Waals surface area contributed by atoms with Crippen LogP contribution in [0.5, 0.6) is 0 Å². The smallest absolute Gasteiger partial charge is 0.184 e. The molecule has 1 unspecified atom stereocenters. The molecular formula is C12H28OSi2. The highest BCUT2D eigenvalue weighted by Gasteiger charge is 2.17. The van der Waals surface area contributed by atoms with E-state index < -0.39 is 8.32 Å². The van der Waals surface area contributed by atoms with Crippen molar-refractivity contribution in [3.63, 3.8) is 0 Å². The van der Waals surface area contributed by atoms with Crippen molar-refractivity contribution in [1.82, 2.24) is 0 Å². The highest BCUT2D eigenvalue weighted by molar-refractivity contribution is 6.70. The number of unbranched alkanes of at least 4 members (excludes halogenated alkanes) is 3. The SMILES string of the molecule is CCCCCC=CC(O[Si](C)(C)C)[SiH2]C. The standard InChI is InChI=1S/C12H28OSi2/c1-6-7-8-9-10-11-12(14-2)13-15(3,4)5/h10-12H,6-9,14H2,1-5H3. The second-order valence-corrected chi connectivity index (χ2v) is 11.2. The summed E-state index contributed by atoms with van der Waals surface area (Å²) in [7, 11) is -1.40. The monoisotopic (exact) mass is 244 g/mol. The highest BCUT2D eigenvalue weighted by atomic mass is 28.4. The van der Waals surface area contributed by atoms with Gasteiger partial charge in [-0.05, 0) is 32.5 Å². The fourth-order valence-corrected chi connectivity index (χ4v) is 5.09. The van der Waals surface area contributed by atoms with Gasteiger partial charge in [-0.1, -0.05) is 38.5 Å². The van der Waals surface area contributed by atoms with E-state index in [2.05, 4.69) is 45.3 Å². The van der Waals surface area contributed by atoms with Gasteiger partial charge in [0.2, 0.25) is 0 Å². The molecular weight excluding hydrogens is 216 g/mol. The Morgan fingerprint density at radius 3 is 2.40 bits per heavy atom. The van der Waals surface area contributed by atoms with Crippen molar-refractivity contribution in [3.8, 4) is 0 Å². The summed E-state index contributed by atoms with van der Waals surface area (Å²) in [6.45, 7) is 11.4. The first-order valence-electron chi connectivity index (χ1n) is 6.34. The van der Waals surface area contributed by atoms with Crippen LogP contribution >= 0.6 is 0 Å². The van der Waals surface area contributed by atoms with E-state index >= 15 is 0 Å².